The summed E-state index contributed by atoms with van der Waals surface area (Å²) in [5.41, 5.74) is 1.93. The smallest absolute Gasteiger partial charge is 0.255 e. The van der Waals surface area contributed by atoms with Crippen LogP contribution in [0.5, 0.6) is 0 Å². The largest absolute Gasteiger partial charge is 0.341 e. The van der Waals surface area contributed by atoms with Crippen LogP contribution in [-0.4, -0.2) is 14.1 Å². The maximum absolute atomic E-state index is 12.1. The zero-order chi connectivity index (χ0) is 17.2. The Morgan fingerprint density at radius 1 is 1.13 bits per heavy atom. The SMILES string of the molecule is Cn1c(C(=O)C(Cl)(Cl)Cl)ccc1/C(C#N)=C\c1ccc(Cl)cc1. The van der Waals surface area contributed by atoms with Crippen LogP contribution in [0.15, 0.2) is 36.4 Å². The number of Topliss-reactive ketones (excluding diaryl/α,β-unsaturated/α-hetero) is 1. The molecule has 23 heavy (non-hydrogen) atoms. The van der Waals surface area contributed by atoms with Crippen LogP contribution < -0.4 is 0 Å². The Morgan fingerprint density at radius 2 is 1.70 bits per heavy atom. The average Bonchev–Trinajstić information content (AvgIpc) is 2.86. The topological polar surface area (TPSA) is 45.8 Å². The molecule has 1 aromatic carbocycles. The molecule has 0 spiro atoms. The number of ketones is 1. The van der Waals surface area contributed by atoms with Crippen molar-refractivity contribution in [1.29, 1.82) is 5.26 Å². The van der Waals surface area contributed by atoms with Crippen LogP contribution in [0.4, 0.5) is 0 Å². The number of rotatable bonds is 3. The Kier molecular flexibility index (Phi) is 5.44. The van der Waals surface area contributed by atoms with Crippen LogP contribution in [0, 0.1) is 11.3 Å². The Morgan fingerprint density at radius 3 is 2.22 bits per heavy atom. The summed E-state index contributed by atoms with van der Waals surface area (Å²) in [4.78, 5) is 12.1. The molecule has 0 aliphatic carbocycles. The van der Waals surface area contributed by atoms with E-state index in [4.69, 9.17) is 46.4 Å². The third kappa shape index (κ3) is 4.10. The lowest BCUT2D eigenvalue weighted by molar-refractivity contribution is 0.0988. The molecular formula is C16H10Cl4N2O. The summed E-state index contributed by atoms with van der Waals surface area (Å²) >= 11 is 22.7. The molecule has 0 atom stereocenters. The summed E-state index contributed by atoms with van der Waals surface area (Å²) in [5.74, 6) is -0.653. The highest BCUT2D eigenvalue weighted by Crippen LogP contribution is 2.31. The first-order chi connectivity index (χ1) is 10.7. The molecule has 0 amide bonds. The predicted octanol–water partition coefficient (Wildman–Crippen LogP) is 5.30. The molecule has 0 unspecified atom stereocenters. The molecule has 2 aromatic rings. The summed E-state index contributed by atoms with van der Waals surface area (Å²) in [6, 6.07) is 12.3. The van der Waals surface area contributed by atoms with Gasteiger partial charge < -0.3 is 4.57 Å². The van der Waals surface area contributed by atoms with E-state index in [1.807, 2.05) is 0 Å². The summed E-state index contributed by atoms with van der Waals surface area (Å²) < 4.78 is -0.523. The molecular weight excluding hydrogens is 378 g/mol. The van der Waals surface area contributed by atoms with Gasteiger partial charge in [0.1, 0.15) is 6.07 Å². The maximum atomic E-state index is 12.1. The number of halogens is 4. The van der Waals surface area contributed by atoms with Gasteiger partial charge in [-0.15, -0.1) is 0 Å². The van der Waals surface area contributed by atoms with Gasteiger partial charge >= 0.3 is 0 Å². The van der Waals surface area contributed by atoms with E-state index in [-0.39, 0.29) is 5.69 Å². The third-order valence-electron chi connectivity index (χ3n) is 3.19. The number of nitrogens with zero attached hydrogens (tertiary/aromatic N) is 2. The fourth-order valence-electron chi connectivity index (χ4n) is 2.04. The van der Waals surface area contributed by atoms with Crippen molar-refractivity contribution in [3.05, 3.63) is 58.4 Å². The van der Waals surface area contributed by atoms with Gasteiger partial charge in [0.05, 0.1) is 17.0 Å². The predicted molar refractivity (Wildman–Crippen MR) is 95.0 cm³/mol. The molecule has 0 radical (unpaired) electrons. The lowest BCUT2D eigenvalue weighted by Crippen LogP contribution is -2.21. The minimum Gasteiger partial charge on any atom is -0.341 e. The van der Waals surface area contributed by atoms with Crippen LogP contribution in [-0.2, 0) is 7.05 Å². The van der Waals surface area contributed by atoms with Crippen molar-refractivity contribution in [1.82, 2.24) is 4.57 Å². The van der Waals surface area contributed by atoms with E-state index in [2.05, 4.69) is 6.07 Å². The number of carbonyl (C=O) groups is 1. The minimum atomic E-state index is -2.05. The summed E-state index contributed by atoms with van der Waals surface area (Å²) in [6.45, 7) is 0. The second-order valence-electron chi connectivity index (χ2n) is 4.71. The summed E-state index contributed by atoms with van der Waals surface area (Å²) in [6.07, 6.45) is 1.69. The fraction of sp³-hybridized carbons (Fsp3) is 0.125. The highest BCUT2D eigenvalue weighted by atomic mass is 35.6. The van der Waals surface area contributed by atoms with Gasteiger partial charge in [-0.25, -0.2) is 0 Å². The van der Waals surface area contributed by atoms with Crippen LogP contribution in [0.2, 0.25) is 5.02 Å². The van der Waals surface area contributed by atoms with Crippen molar-refractivity contribution in [3.8, 4) is 6.07 Å². The third-order valence-corrected chi connectivity index (χ3v) is 3.96. The van der Waals surface area contributed by atoms with Crippen LogP contribution >= 0.6 is 46.4 Å². The van der Waals surface area contributed by atoms with Gasteiger partial charge in [0.25, 0.3) is 3.79 Å². The van der Waals surface area contributed by atoms with Gasteiger partial charge in [0.15, 0.2) is 0 Å². The van der Waals surface area contributed by atoms with E-state index in [9.17, 15) is 10.1 Å². The van der Waals surface area contributed by atoms with E-state index in [0.29, 0.717) is 16.3 Å². The summed E-state index contributed by atoms with van der Waals surface area (Å²) in [5, 5.41) is 10.0. The van der Waals surface area contributed by atoms with E-state index < -0.39 is 9.58 Å². The van der Waals surface area contributed by atoms with Crippen molar-refractivity contribution >= 4 is 63.8 Å². The van der Waals surface area contributed by atoms with Crippen molar-refractivity contribution in [2.75, 3.05) is 0 Å². The maximum Gasteiger partial charge on any atom is 0.255 e. The minimum absolute atomic E-state index is 0.206. The van der Waals surface area contributed by atoms with Crippen molar-refractivity contribution in [2.45, 2.75) is 3.79 Å². The van der Waals surface area contributed by atoms with Gasteiger partial charge in [-0.3, -0.25) is 4.79 Å². The molecule has 1 aromatic heterocycles. The molecule has 0 aliphatic rings. The molecule has 0 aliphatic heterocycles. The first-order valence-electron chi connectivity index (χ1n) is 6.39. The Bertz CT molecular complexity index is 808. The molecule has 2 rings (SSSR count). The Labute approximate surface area is 153 Å². The number of nitriles is 1. The van der Waals surface area contributed by atoms with Gasteiger partial charge in [-0.1, -0.05) is 58.5 Å². The normalized spacial score (nSPS) is 12.1. The molecule has 0 fully saturated rings. The lowest BCUT2D eigenvalue weighted by Gasteiger charge is -2.11. The molecule has 0 saturated carbocycles. The van der Waals surface area contributed by atoms with E-state index in [1.165, 1.54) is 10.6 Å². The number of hydrogen-bond acceptors (Lipinski definition) is 2. The number of aromatic nitrogens is 1. The van der Waals surface area contributed by atoms with Crippen LogP contribution in [0.1, 0.15) is 21.7 Å². The van der Waals surface area contributed by atoms with Crippen molar-refractivity contribution < 1.29 is 4.79 Å². The second-order valence-corrected chi connectivity index (χ2v) is 7.43. The van der Waals surface area contributed by atoms with E-state index in [1.54, 1.807) is 43.5 Å². The highest BCUT2D eigenvalue weighted by Gasteiger charge is 2.33. The van der Waals surface area contributed by atoms with Gasteiger partial charge in [0.2, 0.25) is 5.78 Å². The molecule has 7 heteroatoms. The zero-order valence-electron chi connectivity index (χ0n) is 11.9. The number of benzene rings is 1. The molecule has 118 valence electrons. The Balaban J connectivity index is 2.45. The quantitative estimate of drug-likeness (QED) is 0.407. The summed E-state index contributed by atoms with van der Waals surface area (Å²) in [7, 11) is 1.63. The number of hydrogen-bond donors (Lipinski definition) is 0. The van der Waals surface area contributed by atoms with Gasteiger partial charge in [-0.2, -0.15) is 5.26 Å². The fourth-order valence-corrected chi connectivity index (χ4v) is 2.46. The molecule has 1 heterocycles. The van der Waals surface area contributed by atoms with E-state index >= 15 is 0 Å². The monoisotopic (exact) mass is 386 g/mol. The molecule has 0 saturated heterocycles. The van der Waals surface area contributed by atoms with Gasteiger partial charge in [0, 0.05) is 12.1 Å². The van der Waals surface area contributed by atoms with Crippen LogP contribution in [0.3, 0.4) is 0 Å². The lowest BCUT2D eigenvalue weighted by atomic mass is 10.1. The molecule has 0 N–H and O–H groups in total. The highest BCUT2D eigenvalue weighted by molar-refractivity contribution is 6.77. The van der Waals surface area contributed by atoms with Crippen molar-refractivity contribution in [2.24, 2.45) is 7.05 Å². The number of alkyl halides is 3. The van der Waals surface area contributed by atoms with Crippen LogP contribution in [0.25, 0.3) is 11.6 Å². The van der Waals surface area contributed by atoms with Crippen molar-refractivity contribution in [3.63, 3.8) is 0 Å². The zero-order valence-corrected chi connectivity index (χ0v) is 14.9. The van der Waals surface area contributed by atoms with Gasteiger partial charge in [-0.05, 0) is 35.9 Å². The number of carbonyl (C=O) groups excluding carboxylic acids is 1. The first kappa shape index (κ1) is 17.9. The second kappa shape index (κ2) is 6.98. The first-order valence-corrected chi connectivity index (χ1v) is 7.90. The molecule has 3 nitrogen and oxygen atoms in total. The Hall–Kier alpha value is -1.44. The van der Waals surface area contributed by atoms with E-state index in [0.717, 1.165) is 5.56 Å². The molecule has 0 bridgehead atoms. The number of allylic oxidation sites excluding steroid dienone is 1. The standard InChI is InChI=1S/C16H10Cl4N2O/c1-22-13(6-7-14(22)15(23)16(18,19)20)11(9-21)8-10-2-4-12(17)5-3-10/h2-8H,1H3/b11-8-. The average molecular weight is 388 g/mol.